The van der Waals surface area contributed by atoms with E-state index in [9.17, 15) is 0 Å². The minimum Gasteiger partial charge on any atom is -0.402 e. The SMILES string of the molecule is CC(O[Si](c1ccccc1)(c1ccccc1)C(C)(C)C)C1CC=C(B2OC(C)(C)C(C)(C)O2)CO1. The summed E-state index contributed by atoms with van der Waals surface area (Å²) in [5, 5.41) is 2.51. The van der Waals surface area contributed by atoms with Crippen LogP contribution in [0, 0.1) is 0 Å². The van der Waals surface area contributed by atoms with Gasteiger partial charge in [-0.15, -0.1) is 0 Å². The fourth-order valence-corrected chi connectivity index (χ4v) is 9.85. The molecule has 0 N–H and O–H groups in total. The Hall–Kier alpha value is -1.70. The third kappa shape index (κ3) is 4.96. The molecule has 2 heterocycles. The molecule has 188 valence electrons. The Labute approximate surface area is 213 Å². The highest BCUT2D eigenvalue weighted by molar-refractivity contribution is 6.99. The molecule has 1 fully saturated rings. The monoisotopic (exact) mass is 492 g/mol. The Kier molecular flexibility index (Phi) is 7.26. The van der Waals surface area contributed by atoms with E-state index in [1.807, 2.05) is 0 Å². The molecule has 0 saturated carbocycles. The van der Waals surface area contributed by atoms with Crippen LogP contribution < -0.4 is 10.4 Å². The number of hydrogen-bond acceptors (Lipinski definition) is 4. The molecule has 1 saturated heterocycles. The lowest BCUT2D eigenvalue weighted by Crippen LogP contribution is -2.68. The van der Waals surface area contributed by atoms with Crippen LogP contribution in [0.15, 0.2) is 72.2 Å². The van der Waals surface area contributed by atoms with Crippen molar-refractivity contribution in [3.8, 4) is 0 Å². The summed E-state index contributed by atoms with van der Waals surface area (Å²) in [7, 11) is -2.98. The average molecular weight is 493 g/mol. The number of ether oxygens (including phenoxy) is 1. The smallest absolute Gasteiger partial charge is 0.402 e. The molecule has 6 heteroatoms. The standard InChI is InChI=1S/C29H41BO4Si/c1-22(26-20-19-23(21-31-26)30-33-28(5,6)29(7,8)34-30)32-35(27(2,3)4,24-15-11-9-12-16-24)25-17-13-10-14-18-25/h9-19,22,26H,20-21H2,1-8H3. The molecule has 2 unspecified atom stereocenters. The summed E-state index contributed by atoms with van der Waals surface area (Å²) in [6, 6.07) is 21.6. The van der Waals surface area contributed by atoms with E-state index in [0.29, 0.717) is 6.61 Å². The Morgan fingerprint density at radius 3 is 1.77 bits per heavy atom. The molecule has 2 aliphatic heterocycles. The van der Waals surface area contributed by atoms with Crippen LogP contribution in [-0.2, 0) is 18.5 Å². The molecule has 35 heavy (non-hydrogen) atoms. The van der Waals surface area contributed by atoms with Crippen molar-refractivity contribution in [3.63, 3.8) is 0 Å². The zero-order chi connectivity index (χ0) is 25.5. The van der Waals surface area contributed by atoms with Gasteiger partial charge in [0.05, 0.1) is 30.0 Å². The van der Waals surface area contributed by atoms with E-state index in [1.165, 1.54) is 10.4 Å². The van der Waals surface area contributed by atoms with E-state index in [-0.39, 0.29) is 35.6 Å². The van der Waals surface area contributed by atoms with Crippen molar-refractivity contribution >= 4 is 25.8 Å². The molecule has 4 rings (SSSR count). The number of hydrogen-bond donors (Lipinski definition) is 0. The average Bonchev–Trinajstić information content (AvgIpc) is 3.04. The molecular formula is C29H41BO4Si. The predicted octanol–water partition coefficient (Wildman–Crippen LogP) is 5.30. The van der Waals surface area contributed by atoms with Gasteiger partial charge in [-0.2, -0.15) is 0 Å². The first-order valence-corrected chi connectivity index (χ1v) is 14.7. The van der Waals surface area contributed by atoms with Gasteiger partial charge in [0.1, 0.15) is 0 Å². The van der Waals surface area contributed by atoms with Crippen LogP contribution in [0.1, 0.15) is 61.8 Å². The molecule has 0 aliphatic carbocycles. The molecule has 0 aromatic heterocycles. The molecule has 2 aromatic carbocycles. The van der Waals surface area contributed by atoms with Gasteiger partial charge in [0, 0.05) is 0 Å². The van der Waals surface area contributed by atoms with Gasteiger partial charge in [0.25, 0.3) is 8.32 Å². The Morgan fingerprint density at radius 1 is 0.886 bits per heavy atom. The van der Waals surface area contributed by atoms with Crippen LogP contribution in [0.5, 0.6) is 0 Å². The summed E-state index contributed by atoms with van der Waals surface area (Å²) < 4.78 is 26.2. The van der Waals surface area contributed by atoms with Gasteiger partial charge < -0.3 is 18.5 Å². The van der Waals surface area contributed by atoms with Crippen molar-refractivity contribution in [3.05, 3.63) is 72.2 Å². The summed E-state index contributed by atoms with van der Waals surface area (Å²) in [5.41, 5.74) is 0.363. The Bertz CT molecular complexity index is 974. The second kappa shape index (κ2) is 9.64. The second-order valence-corrected chi connectivity index (χ2v) is 16.2. The highest BCUT2D eigenvalue weighted by Crippen LogP contribution is 2.40. The first-order chi connectivity index (χ1) is 16.4. The molecule has 2 atom stereocenters. The van der Waals surface area contributed by atoms with Crippen molar-refractivity contribution in [2.75, 3.05) is 6.61 Å². The second-order valence-electron chi connectivity index (χ2n) is 11.9. The van der Waals surface area contributed by atoms with Gasteiger partial charge in [0.2, 0.25) is 0 Å². The maximum Gasteiger partial charge on any atom is 0.492 e. The normalized spacial score (nSPS) is 23.1. The molecule has 0 amide bonds. The van der Waals surface area contributed by atoms with Crippen molar-refractivity contribution < 1.29 is 18.5 Å². The van der Waals surface area contributed by atoms with Gasteiger partial charge in [-0.3, -0.25) is 0 Å². The van der Waals surface area contributed by atoms with E-state index in [1.54, 1.807) is 0 Å². The maximum absolute atomic E-state index is 7.26. The predicted molar refractivity (Wildman–Crippen MR) is 147 cm³/mol. The zero-order valence-corrected chi connectivity index (χ0v) is 23.6. The third-order valence-electron chi connectivity index (χ3n) is 7.94. The highest BCUT2D eigenvalue weighted by Gasteiger charge is 2.54. The van der Waals surface area contributed by atoms with E-state index in [0.717, 1.165) is 11.9 Å². The molecule has 2 aliphatic rings. The number of rotatable bonds is 6. The third-order valence-corrected chi connectivity index (χ3v) is 13.1. The van der Waals surface area contributed by atoms with Crippen molar-refractivity contribution in [1.82, 2.24) is 0 Å². The quantitative estimate of drug-likeness (QED) is 0.513. The van der Waals surface area contributed by atoms with Gasteiger partial charge in [-0.1, -0.05) is 87.5 Å². The van der Waals surface area contributed by atoms with E-state index in [2.05, 4.69) is 122 Å². The fourth-order valence-electron chi connectivity index (χ4n) is 5.13. The molecule has 4 nitrogen and oxygen atoms in total. The lowest BCUT2D eigenvalue weighted by atomic mass is 9.76. The van der Waals surface area contributed by atoms with E-state index in [4.69, 9.17) is 18.5 Å². The Morgan fingerprint density at radius 2 is 1.37 bits per heavy atom. The summed E-state index contributed by atoms with van der Waals surface area (Å²) in [6.45, 7) is 17.9. The Balaban J connectivity index is 1.59. The largest absolute Gasteiger partial charge is 0.492 e. The topological polar surface area (TPSA) is 36.9 Å². The highest BCUT2D eigenvalue weighted by atomic mass is 28.4. The van der Waals surface area contributed by atoms with Gasteiger partial charge >= 0.3 is 7.12 Å². The van der Waals surface area contributed by atoms with Gasteiger partial charge in [0.15, 0.2) is 0 Å². The molecule has 2 aromatic rings. The van der Waals surface area contributed by atoms with Crippen LogP contribution in [0.3, 0.4) is 0 Å². The van der Waals surface area contributed by atoms with Gasteiger partial charge in [-0.25, -0.2) is 0 Å². The first kappa shape index (κ1) is 26.4. The zero-order valence-electron chi connectivity index (χ0n) is 22.6. The summed E-state index contributed by atoms with van der Waals surface area (Å²) in [5.74, 6) is 0. The molecule has 0 spiro atoms. The van der Waals surface area contributed by atoms with E-state index < -0.39 is 8.32 Å². The van der Waals surface area contributed by atoms with Crippen LogP contribution in [0.25, 0.3) is 0 Å². The summed E-state index contributed by atoms with van der Waals surface area (Å²) in [4.78, 5) is 0. The van der Waals surface area contributed by atoms with Crippen molar-refractivity contribution in [2.45, 2.75) is 90.3 Å². The lowest BCUT2D eigenvalue weighted by Gasteiger charge is -2.46. The molecular weight excluding hydrogens is 451 g/mol. The van der Waals surface area contributed by atoms with E-state index >= 15 is 0 Å². The van der Waals surface area contributed by atoms with Crippen LogP contribution in [-0.4, -0.2) is 45.5 Å². The van der Waals surface area contributed by atoms with Crippen molar-refractivity contribution in [1.29, 1.82) is 0 Å². The first-order valence-electron chi connectivity index (χ1n) is 12.8. The summed E-state index contributed by atoms with van der Waals surface area (Å²) in [6.07, 6.45) is 2.92. The van der Waals surface area contributed by atoms with Crippen molar-refractivity contribution in [2.24, 2.45) is 0 Å². The fraction of sp³-hybridized carbons (Fsp3) is 0.517. The molecule has 0 radical (unpaired) electrons. The summed E-state index contributed by atoms with van der Waals surface area (Å²) >= 11 is 0. The van der Waals surface area contributed by atoms with Crippen LogP contribution >= 0.6 is 0 Å². The lowest BCUT2D eigenvalue weighted by molar-refractivity contribution is -0.0164. The van der Waals surface area contributed by atoms with Crippen LogP contribution in [0.2, 0.25) is 5.04 Å². The maximum atomic E-state index is 7.26. The minimum atomic E-state index is -2.63. The number of benzene rings is 2. The van der Waals surface area contributed by atoms with Gasteiger partial charge in [-0.05, 0) is 61.9 Å². The van der Waals surface area contributed by atoms with Crippen LogP contribution in [0.4, 0.5) is 0 Å². The molecule has 0 bridgehead atoms. The minimum absolute atomic E-state index is 0.0252.